The molecule has 0 bridgehead atoms. The summed E-state index contributed by atoms with van der Waals surface area (Å²) in [6, 6.07) is 3.54. The summed E-state index contributed by atoms with van der Waals surface area (Å²) in [5.74, 6) is 0. The third-order valence-electron chi connectivity index (χ3n) is 3.49. The Balaban J connectivity index is 2.36. The van der Waals surface area contributed by atoms with E-state index in [0.717, 1.165) is 18.7 Å². The summed E-state index contributed by atoms with van der Waals surface area (Å²) in [7, 11) is 1.89. The quantitative estimate of drug-likeness (QED) is 0.837. The third-order valence-corrected chi connectivity index (χ3v) is 3.49. The molecule has 1 heterocycles. The van der Waals surface area contributed by atoms with Gasteiger partial charge >= 0.3 is 6.18 Å². The van der Waals surface area contributed by atoms with Gasteiger partial charge in [0.15, 0.2) is 0 Å². The molecule has 0 saturated carbocycles. The van der Waals surface area contributed by atoms with Gasteiger partial charge in [0.1, 0.15) is 5.60 Å². The summed E-state index contributed by atoms with van der Waals surface area (Å²) in [5.41, 5.74) is -0.607. The molecule has 1 unspecified atom stereocenters. The molecular weight excluding hydrogens is 243 g/mol. The highest BCUT2D eigenvalue weighted by Crippen LogP contribution is 2.36. The van der Waals surface area contributed by atoms with E-state index in [2.05, 4.69) is 0 Å². The van der Waals surface area contributed by atoms with Crippen LogP contribution in [0.5, 0.6) is 0 Å². The zero-order valence-electron chi connectivity index (χ0n) is 10.4. The first-order valence-electron chi connectivity index (χ1n) is 5.82. The van der Waals surface area contributed by atoms with Gasteiger partial charge in [0.05, 0.1) is 5.56 Å². The number of benzene rings is 1. The number of hydrogen-bond donors (Lipinski definition) is 1. The van der Waals surface area contributed by atoms with Crippen LogP contribution in [0.3, 0.4) is 0 Å². The number of rotatable bonds is 1. The molecule has 1 atom stereocenters. The van der Waals surface area contributed by atoms with Gasteiger partial charge in [0.25, 0.3) is 0 Å². The second-order valence-corrected chi connectivity index (χ2v) is 5.05. The van der Waals surface area contributed by atoms with Gasteiger partial charge in [-0.05, 0) is 43.7 Å². The van der Waals surface area contributed by atoms with E-state index in [1.807, 2.05) is 11.9 Å². The number of halogens is 3. The number of β-amino-alcohol motifs (C(OH)–C–C–N with tert-alkyl or cyclic N) is 1. The van der Waals surface area contributed by atoms with Crippen LogP contribution in [0.25, 0.3) is 0 Å². The van der Waals surface area contributed by atoms with Crippen molar-refractivity contribution in [1.82, 2.24) is 4.90 Å². The number of alkyl halides is 3. The topological polar surface area (TPSA) is 23.5 Å². The Kier molecular flexibility index (Phi) is 3.15. The summed E-state index contributed by atoms with van der Waals surface area (Å²) in [5, 5.41) is 10.5. The fraction of sp³-hybridized carbons (Fsp3) is 0.538. The highest BCUT2D eigenvalue weighted by atomic mass is 19.4. The van der Waals surface area contributed by atoms with Crippen molar-refractivity contribution in [2.45, 2.75) is 25.1 Å². The van der Waals surface area contributed by atoms with Crippen molar-refractivity contribution in [3.05, 3.63) is 34.9 Å². The van der Waals surface area contributed by atoms with Gasteiger partial charge in [0, 0.05) is 13.1 Å². The largest absolute Gasteiger partial charge is 0.416 e. The maximum atomic E-state index is 12.6. The predicted octanol–water partition coefficient (Wildman–Crippen LogP) is 2.54. The molecule has 1 aliphatic rings. The molecule has 18 heavy (non-hydrogen) atoms. The highest BCUT2D eigenvalue weighted by molar-refractivity contribution is 5.37. The normalized spacial score (nSPS) is 25.7. The minimum atomic E-state index is -4.33. The number of aryl methyl sites for hydroxylation is 1. The first-order chi connectivity index (χ1) is 8.22. The zero-order valence-corrected chi connectivity index (χ0v) is 10.4. The van der Waals surface area contributed by atoms with Crippen LogP contribution in [-0.2, 0) is 11.8 Å². The number of nitrogens with zero attached hydrogens (tertiary/aromatic N) is 1. The molecule has 0 aromatic heterocycles. The summed E-state index contributed by atoms with van der Waals surface area (Å²) in [6.45, 7) is 2.82. The molecule has 1 N–H and O–H groups in total. The molecule has 0 spiro atoms. The molecule has 1 aromatic rings. The fourth-order valence-electron chi connectivity index (χ4n) is 2.56. The molecule has 1 aliphatic heterocycles. The molecule has 1 fully saturated rings. The number of likely N-dealkylation sites (tertiary alicyclic amines) is 1. The number of aliphatic hydroxyl groups is 1. The maximum Gasteiger partial charge on any atom is 0.416 e. The molecule has 0 aliphatic carbocycles. The predicted molar refractivity (Wildman–Crippen MR) is 62.2 cm³/mol. The van der Waals surface area contributed by atoms with Crippen molar-refractivity contribution in [3.63, 3.8) is 0 Å². The van der Waals surface area contributed by atoms with Crippen LogP contribution in [0, 0.1) is 6.92 Å². The zero-order chi connectivity index (χ0) is 13.6. The Morgan fingerprint density at radius 3 is 2.44 bits per heavy atom. The average molecular weight is 259 g/mol. The lowest BCUT2D eigenvalue weighted by molar-refractivity contribution is -0.137. The van der Waals surface area contributed by atoms with Crippen LogP contribution in [0.4, 0.5) is 13.2 Å². The fourth-order valence-corrected chi connectivity index (χ4v) is 2.56. The van der Waals surface area contributed by atoms with Crippen molar-refractivity contribution >= 4 is 0 Å². The van der Waals surface area contributed by atoms with E-state index in [-0.39, 0.29) is 0 Å². The average Bonchev–Trinajstić information content (AvgIpc) is 2.58. The first-order valence-corrected chi connectivity index (χ1v) is 5.82. The Morgan fingerprint density at radius 2 is 2.00 bits per heavy atom. The molecule has 1 aromatic carbocycles. The Hall–Kier alpha value is -1.07. The van der Waals surface area contributed by atoms with Crippen molar-refractivity contribution in [2.24, 2.45) is 0 Å². The summed E-state index contributed by atoms with van der Waals surface area (Å²) in [4.78, 5) is 1.97. The Bertz CT molecular complexity index is 458. The van der Waals surface area contributed by atoms with Gasteiger partial charge in [-0.25, -0.2) is 0 Å². The van der Waals surface area contributed by atoms with Crippen LogP contribution < -0.4 is 0 Å². The monoisotopic (exact) mass is 259 g/mol. The number of likely N-dealkylation sites (N-methyl/N-ethyl adjacent to an activating group) is 1. The highest BCUT2D eigenvalue weighted by Gasteiger charge is 2.38. The van der Waals surface area contributed by atoms with Gasteiger partial charge in [0.2, 0.25) is 0 Å². The molecular formula is C13H16F3NO. The van der Waals surface area contributed by atoms with E-state index in [9.17, 15) is 18.3 Å². The van der Waals surface area contributed by atoms with Crippen LogP contribution in [0.2, 0.25) is 0 Å². The molecule has 0 amide bonds. The minimum Gasteiger partial charge on any atom is -0.384 e. The van der Waals surface area contributed by atoms with Crippen molar-refractivity contribution in [2.75, 3.05) is 20.1 Å². The Labute approximate surface area is 104 Å². The lowest BCUT2D eigenvalue weighted by Crippen LogP contribution is -2.30. The van der Waals surface area contributed by atoms with Gasteiger partial charge in [-0.15, -0.1) is 0 Å². The van der Waals surface area contributed by atoms with Crippen LogP contribution in [-0.4, -0.2) is 30.1 Å². The SMILES string of the molecule is Cc1cc(C(F)(F)F)ccc1C1(O)CCN(C)C1. The Morgan fingerprint density at radius 1 is 1.33 bits per heavy atom. The lowest BCUT2D eigenvalue weighted by Gasteiger charge is -2.25. The molecule has 5 heteroatoms. The standard InChI is InChI=1S/C13H16F3NO/c1-9-7-10(13(14,15)16)3-4-11(9)12(18)5-6-17(2)8-12/h3-4,7,18H,5-6,8H2,1-2H3. The van der Waals surface area contributed by atoms with Crippen LogP contribution in [0.15, 0.2) is 18.2 Å². The van der Waals surface area contributed by atoms with Crippen molar-refractivity contribution in [3.8, 4) is 0 Å². The van der Waals surface area contributed by atoms with Crippen molar-refractivity contribution < 1.29 is 18.3 Å². The first kappa shape index (κ1) is 13.4. The van der Waals surface area contributed by atoms with Crippen LogP contribution in [0.1, 0.15) is 23.1 Å². The molecule has 100 valence electrons. The molecule has 2 nitrogen and oxygen atoms in total. The molecule has 1 saturated heterocycles. The van der Waals surface area contributed by atoms with Crippen LogP contribution >= 0.6 is 0 Å². The minimum absolute atomic E-state index is 0.458. The van der Waals surface area contributed by atoms with E-state index in [0.29, 0.717) is 24.1 Å². The van der Waals surface area contributed by atoms with E-state index in [1.165, 1.54) is 6.07 Å². The van der Waals surface area contributed by atoms with Gasteiger partial charge in [-0.2, -0.15) is 13.2 Å². The maximum absolute atomic E-state index is 12.6. The van der Waals surface area contributed by atoms with E-state index < -0.39 is 17.3 Å². The van der Waals surface area contributed by atoms with Gasteiger partial charge in [-0.3, -0.25) is 0 Å². The summed E-state index contributed by atoms with van der Waals surface area (Å²) >= 11 is 0. The van der Waals surface area contributed by atoms with E-state index in [1.54, 1.807) is 6.92 Å². The molecule has 2 rings (SSSR count). The number of hydrogen-bond acceptors (Lipinski definition) is 2. The summed E-state index contributed by atoms with van der Waals surface area (Å²) in [6.07, 6.45) is -3.78. The third kappa shape index (κ3) is 2.37. The second kappa shape index (κ2) is 4.24. The smallest absolute Gasteiger partial charge is 0.384 e. The van der Waals surface area contributed by atoms with E-state index >= 15 is 0 Å². The lowest BCUT2D eigenvalue weighted by atomic mass is 9.88. The van der Waals surface area contributed by atoms with Gasteiger partial charge in [-0.1, -0.05) is 6.07 Å². The van der Waals surface area contributed by atoms with Gasteiger partial charge < -0.3 is 10.0 Å². The summed E-state index contributed by atoms with van der Waals surface area (Å²) < 4.78 is 37.7. The molecule has 0 radical (unpaired) electrons. The second-order valence-electron chi connectivity index (χ2n) is 5.05. The van der Waals surface area contributed by atoms with E-state index in [4.69, 9.17) is 0 Å². The van der Waals surface area contributed by atoms with Crippen molar-refractivity contribution in [1.29, 1.82) is 0 Å².